The van der Waals surface area contributed by atoms with Gasteiger partial charge in [0.1, 0.15) is 23.2 Å². The maximum Gasteiger partial charge on any atom is 0.147 e. The topological polar surface area (TPSA) is 79.3 Å². The molecule has 0 atom stereocenters. The van der Waals surface area contributed by atoms with Crippen LogP contribution in [-0.2, 0) is 6.42 Å². The Labute approximate surface area is 185 Å². The first-order valence-corrected chi connectivity index (χ1v) is 10.9. The summed E-state index contributed by atoms with van der Waals surface area (Å²) in [5, 5.41) is 4.26. The number of halogens is 1. The van der Waals surface area contributed by atoms with E-state index in [1.807, 2.05) is 45.0 Å². The fourth-order valence-corrected chi connectivity index (χ4v) is 4.81. The van der Waals surface area contributed by atoms with E-state index in [9.17, 15) is 4.39 Å². The Morgan fingerprint density at radius 2 is 2.10 bits per heavy atom. The van der Waals surface area contributed by atoms with Gasteiger partial charge in [0.05, 0.1) is 21.0 Å². The maximum atomic E-state index is 14.2. The molecule has 0 saturated carbocycles. The second-order valence-corrected chi connectivity index (χ2v) is 8.53. The molecule has 1 aliphatic rings. The lowest BCUT2D eigenvalue weighted by Crippen LogP contribution is -2.25. The van der Waals surface area contributed by atoms with Crippen LogP contribution in [0.2, 0.25) is 0 Å². The lowest BCUT2D eigenvalue weighted by atomic mass is 10.0. The average Bonchev–Trinajstić information content (AvgIpc) is 3.43. The first-order chi connectivity index (χ1) is 14.9. The van der Waals surface area contributed by atoms with Crippen molar-refractivity contribution in [3.8, 4) is 0 Å². The monoisotopic (exact) mass is 436 g/mol. The van der Waals surface area contributed by atoms with Crippen LogP contribution in [0.5, 0.6) is 0 Å². The number of thioether (sulfide) groups is 1. The molecule has 3 heterocycles. The van der Waals surface area contributed by atoms with Crippen LogP contribution >= 0.6 is 11.8 Å². The SMILES string of the molecule is C=C/N=C1/C=C(c2ccc(C)o2)S/C1=C(/N)NCCc1c(C)[nH]c2c(F)ccc(C)c12. The minimum Gasteiger partial charge on any atom is -0.461 e. The second-order valence-electron chi connectivity index (χ2n) is 7.48. The van der Waals surface area contributed by atoms with E-state index in [-0.39, 0.29) is 5.82 Å². The Morgan fingerprint density at radius 1 is 1.29 bits per heavy atom. The van der Waals surface area contributed by atoms with Crippen molar-refractivity contribution in [3.63, 3.8) is 0 Å². The third-order valence-corrected chi connectivity index (χ3v) is 6.46. The van der Waals surface area contributed by atoms with Crippen LogP contribution in [0.3, 0.4) is 0 Å². The van der Waals surface area contributed by atoms with Gasteiger partial charge < -0.3 is 20.5 Å². The van der Waals surface area contributed by atoms with E-state index in [2.05, 4.69) is 21.9 Å². The fourth-order valence-electron chi connectivity index (χ4n) is 3.81. The average molecular weight is 437 g/mol. The van der Waals surface area contributed by atoms with Crippen molar-refractivity contribution in [2.24, 2.45) is 10.7 Å². The number of aliphatic imine (C=N–C) groups is 1. The maximum absolute atomic E-state index is 14.2. The van der Waals surface area contributed by atoms with Crippen LogP contribution in [0.1, 0.15) is 28.3 Å². The quantitative estimate of drug-likeness (QED) is 0.480. The van der Waals surface area contributed by atoms with E-state index >= 15 is 0 Å². The lowest BCUT2D eigenvalue weighted by molar-refractivity contribution is 0.524. The third kappa shape index (κ3) is 4.05. The van der Waals surface area contributed by atoms with Gasteiger partial charge >= 0.3 is 0 Å². The van der Waals surface area contributed by atoms with Crippen LogP contribution < -0.4 is 11.1 Å². The van der Waals surface area contributed by atoms with Gasteiger partial charge in [-0.05, 0) is 62.6 Å². The minimum absolute atomic E-state index is 0.232. The van der Waals surface area contributed by atoms with E-state index in [0.29, 0.717) is 24.3 Å². The number of allylic oxidation sites excluding steroid dienone is 2. The molecule has 0 unspecified atom stereocenters. The van der Waals surface area contributed by atoms with Gasteiger partial charge in [-0.15, -0.1) is 0 Å². The smallest absolute Gasteiger partial charge is 0.147 e. The van der Waals surface area contributed by atoms with Crippen molar-refractivity contribution in [1.82, 2.24) is 10.3 Å². The number of furan rings is 1. The first-order valence-electron chi connectivity index (χ1n) is 10.0. The number of benzene rings is 1. The van der Waals surface area contributed by atoms with Crippen LogP contribution in [-0.4, -0.2) is 17.2 Å². The summed E-state index contributed by atoms with van der Waals surface area (Å²) in [5.74, 6) is 1.95. The molecule has 4 N–H and O–H groups in total. The van der Waals surface area contributed by atoms with Gasteiger partial charge in [-0.25, -0.2) is 4.39 Å². The molecule has 0 aliphatic carbocycles. The summed E-state index contributed by atoms with van der Waals surface area (Å²) in [6, 6.07) is 7.18. The number of hydrogen-bond acceptors (Lipinski definition) is 5. The summed E-state index contributed by atoms with van der Waals surface area (Å²) in [6.45, 7) is 10.2. The zero-order valence-electron chi connectivity index (χ0n) is 17.8. The number of nitrogens with one attached hydrogen (secondary N) is 2. The molecule has 1 aromatic carbocycles. The predicted molar refractivity (Wildman–Crippen MR) is 127 cm³/mol. The van der Waals surface area contributed by atoms with Gasteiger partial charge in [0.25, 0.3) is 0 Å². The third-order valence-electron chi connectivity index (χ3n) is 5.29. The Hall–Kier alpha value is -3.19. The van der Waals surface area contributed by atoms with Crippen LogP contribution in [0.15, 0.2) is 63.3 Å². The fraction of sp³-hybridized carbons (Fsp3) is 0.208. The summed E-state index contributed by atoms with van der Waals surface area (Å²) in [4.78, 5) is 9.33. The zero-order chi connectivity index (χ0) is 22.1. The number of nitrogens with zero attached hydrogens (tertiary/aromatic N) is 1. The molecule has 0 amide bonds. The van der Waals surface area contributed by atoms with E-state index in [1.165, 1.54) is 24.0 Å². The van der Waals surface area contributed by atoms with Crippen LogP contribution in [0, 0.1) is 26.6 Å². The van der Waals surface area contributed by atoms with Crippen molar-refractivity contribution in [3.05, 3.63) is 88.0 Å². The molecule has 3 aromatic rings. The highest BCUT2D eigenvalue weighted by Gasteiger charge is 2.24. The molecule has 2 aromatic heterocycles. The van der Waals surface area contributed by atoms with Gasteiger partial charge in [0, 0.05) is 23.8 Å². The Kier molecular flexibility index (Phi) is 5.78. The normalized spacial score (nSPS) is 16.8. The summed E-state index contributed by atoms with van der Waals surface area (Å²) in [5.41, 5.74) is 10.8. The van der Waals surface area contributed by atoms with Crippen LogP contribution in [0.25, 0.3) is 15.8 Å². The van der Waals surface area contributed by atoms with E-state index in [4.69, 9.17) is 10.2 Å². The minimum atomic E-state index is -0.232. The molecule has 5 nitrogen and oxygen atoms in total. The summed E-state index contributed by atoms with van der Waals surface area (Å²) in [7, 11) is 0. The number of aromatic nitrogens is 1. The highest BCUT2D eigenvalue weighted by Crippen LogP contribution is 2.42. The largest absolute Gasteiger partial charge is 0.461 e. The molecule has 1 aliphatic heterocycles. The van der Waals surface area contributed by atoms with Gasteiger partial charge in [0.15, 0.2) is 0 Å². The predicted octanol–water partition coefficient (Wildman–Crippen LogP) is 5.46. The van der Waals surface area contributed by atoms with Crippen LogP contribution in [0.4, 0.5) is 4.39 Å². The number of H-pyrrole nitrogens is 1. The summed E-state index contributed by atoms with van der Waals surface area (Å²) >= 11 is 1.52. The molecule has 4 rings (SSSR count). The molecule has 0 radical (unpaired) electrons. The first kappa shape index (κ1) is 21.1. The highest BCUT2D eigenvalue weighted by molar-refractivity contribution is 8.13. The number of rotatable bonds is 6. The molecule has 7 heteroatoms. The molecule has 160 valence electrons. The summed E-state index contributed by atoms with van der Waals surface area (Å²) < 4.78 is 19.9. The lowest BCUT2D eigenvalue weighted by Gasteiger charge is -2.11. The van der Waals surface area contributed by atoms with Crippen molar-refractivity contribution in [2.75, 3.05) is 6.54 Å². The van der Waals surface area contributed by atoms with Crippen molar-refractivity contribution >= 4 is 33.3 Å². The number of aromatic amines is 1. The van der Waals surface area contributed by atoms with Gasteiger partial charge in [-0.1, -0.05) is 24.4 Å². The number of nitrogens with two attached hydrogens (primary N) is 1. The molecular formula is C24H25FN4OS. The number of hydrogen-bond donors (Lipinski definition) is 3. The molecular weight excluding hydrogens is 411 g/mol. The van der Waals surface area contributed by atoms with E-state index in [0.717, 1.165) is 49.2 Å². The molecule has 31 heavy (non-hydrogen) atoms. The van der Waals surface area contributed by atoms with E-state index < -0.39 is 0 Å². The van der Waals surface area contributed by atoms with Crippen molar-refractivity contribution < 1.29 is 8.81 Å². The number of aryl methyl sites for hydroxylation is 3. The molecule has 0 spiro atoms. The standard InChI is InChI=1S/C24H25FN4OS/c1-5-27-18-12-20(19-9-7-14(3)30-19)31-23(18)24(26)28-11-10-16-15(4)29-22-17(25)8-6-13(2)21(16)22/h5-9,12,28-29H,1,10-11,26H2,2-4H3/b24-23-,27-18-. The Bertz CT molecular complexity index is 1260. The van der Waals surface area contributed by atoms with Gasteiger partial charge in [-0.3, -0.25) is 4.99 Å². The number of fused-ring (bicyclic) bond motifs is 1. The molecule has 0 fully saturated rings. The van der Waals surface area contributed by atoms with Gasteiger partial charge in [-0.2, -0.15) is 0 Å². The second kappa shape index (κ2) is 8.51. The van der Waals surface area contributed by atoms with Crippen molar-refractivity contribution in [2.45, 2.75) is 27.2 Å². The van der Waals surface area contributed by atoms with E-state index in [1.54, 1.807) is 0 Å². The summed E-state index contributed by atoms with van der Waals surface area (Å²) in [6.07, 6.45) is 4.16. The zero-order valence-corrected chi connectivity index (χ0v) is 18.6. The Balaban J connectivity index is 1.53. The van der Waals surface area contributed by atoms with Crippen molar-refractivity contribution in [1.29, 1.82) is 0 Å². The Morgan fingerprint density at radius 3 is 2.81 bits per heavy atom. The molecule has 0 bridgehead atoms. The highest BCUT2D eigenvalue weighted by atomic mass is 32.2. The molecule has 0 saturated heterocycles. The van der Waals surface area contributed by atoms with Gasteiger partial charge in [0.2, 0.25) is 0 Å².